The number of ether oxygens (including phenoxy) is 1. The van der Waals surface area contributed by atoms with Crippen molar-refractivity contribution in [3.05, 3.63) is 32.4 Å². The Kier molecular flexibility index (Phi) is 4.93. The largest absolute Gasteiger partial charge is 0.469 e. The molecule has 0 aliphatic heterocycles. The third-order valence-electron chi connectivity index (χ3n) is 2.32. The smallest absolute Gasteiger partial charge is 0.417 e. The summed E-state index contributed by atoms with van der Waals surface area (Å²) < 4.78 is 79.7. The molecule has 0 saturated carbocycles. The van der Waals surface area contributed by atoms with Gasteiger partial charge in [0.2, 0.25) is 0 Å². The summed E-state index contributed by atoms with van der Waals surface area (Å²) in [5.41, 5.74) is -3.25. The number of carbonyl (C=O) groups is 1. The second-order valence-electron chi connectivity index (χ2n) is 3.75. The second-order valence-corrected chi connectivity index (χ2v) is 4.83. The summed E-state index contributed by atoms with van der Waals surface area (Å²) in [6, 6.07) is 1.04. The molecule has 0 atom stereocenters. The average molecular weight is 412 g/mol. The van der Waals surface area contributed by atoms with Crippen LogP contribution in [0.2, 0.25) is 0 Å². The van der Waals surface area contributed by atoms with Crippen LogP contribution in [0.5, 0.6) is 0 Å². The van der Waals surface area contributed by atoms with E-state index in [0.717, 1.165) is 29.7 Å². The number of alkyl halides is 6. The fourth-order valence-electron chi connectivity index (χ4n) is 1.44. The van der Waals surface area contributed by atoms with Crippen molar-refractivity contribution in [2.45, 2.75) is 18.8 Å². The number of hydrogen-bond donors (Lipinski definition) is 0. The van der Waals surface area contributed by atoms with E-state index in [9.17, 15) is 31.1 Å². The molecule has 0 amide bonds. The van der Waals surface area contributed by atoms with E-state index in [1.807, 2.05) is 0 Å². The lowest BCUT2D eigenvalue weighted by Crippen LogP contribution is -2.17. The maximum absolute atomic E-state index is 12.7. The lowest BCUT2D eigenvalue weighted by molar-refractivity contribution is -0.145. The highest BCUT2D eigenvalue weighted by atomic mass is 127. The van der Waals surface area contributed by atoms with Crippen LogP contribution >= 0.6 is 22.6 Å². The van der Waals surface area contributed by atoms with E-state index in [0.29, 0.717) is 12.1 Å². The first-order chi connectivity index (χ1) is 8.96. The van der Waals surface area contributed by atoms with Gasteiger partial charge in [0.15, 0.2) is 0 Å². The molecular formula is C11H7F6IO2. The molecule has 1 aromatic rings. The Morgan fingerprint density at radius 2 is 1.50 bits per heavy atom. The van der Waals surface area contributed by atoms with E-state index >= 15 is 0 Å². The fourth-order valence-corrected chi connectivity index (χ4v) is 2.36. The maximum Gasteiger partial charge on any atom is 0.417 e. The van der Waals surface area contributed by atoms with Crippen LogP contribution in [0.15, 0.2) is 12.1 Å². The molecule has 0 radical (unpaired) electrons. The first kappa shape index (κ1) is 17.1. The Morgan fingerprint density at radius 1 is 1.10 bits per heavy atom. The van der Waals surface area contributed by atoms with Gasteiger partial charge in [0.1, 0.15) is 0 Å². The van der Waals surface area contributed by atoms with E-state index < -0.39 is 45.0 Å². The zero-order chi connectivity index (χ0) is 15.7. The lowest BCUT2D eigenvalue weighted by atomic mass is 10.0. The van der Waals surface area contributed by atoms with Crippen LogP contribution in [0.1, 0.15) is 16.7 Å². The van der Waals surface area contributed by atoms with Gasteiger partial charge >= 0.3 is 18.3 Å². The molecule has 0 aliphatic rings. The van der Waals surface area contributed by atoms with Crippen molar-refractivity contribution < 1.29 is 35.9 Å². The van der Waals surface area contributed by atoms with Crippen molar-refractivity contribution in [3.63, 3.8) is 0 Å². The minimum Gasteiger partial charge on any atom is -0.469 e. The van der Waals surface area contributed by atoms with E-state index in [-0.39, 0.29) is 0 Å². The molecular weight excluding hydrogens is 405 g/mol. The molecule has 0 saturated heterocycles. The normalized spacial score (nSPS) is 12.4. The summed E-state index contributed by atoms with van der Waals surface area (Å²) in [4.78, 5) is 11.0. The SMILES string of the molecule is COC(=O)Cc1cc(C(F)(F)F)c(I)c(C(F)(F)F)c1. The molecule has 1 aromatic carbocycles. The highest BCUT2D eigenvalue weighted by Gasteiger charge is 2.40. The highest BCUT2D eigenvalue weighted by Crippen LogP contribution is 2.40. The van der Waals surface area contributed by atoms with Crippen molar-refractivity contribution >= 4 is 28.6 Å². The molecule has 0 unspecified atom stereocenters. The first-order valence-corrected chi connectivity index (χ1v) is 6.08. The number of carbonyl (C=O) groups excluding carboxylic acids is 1. The van der Waals surface area contributed by atoms with E-state index in [1.165, 1.54) is 0 Å². The molecule has 0 bridgehead atoms. The van der Waals surface area contributed by atoms with Gasteiger partial charge < -0.3 is 4.74 Å². The fraction of sp³-hybridized carbons (Fsp3) is 0.364. The lowest BCUT2D eigenvalue weighted by Gasteiger charge is -2.17. The number of rotatable bonds is 2. The summed E-state index contributed by atoms with van der Waals surface area (Å²) in [5.74, 6) is -0.924. The van der Waals surface area contributed by atoms with Gasteiger partial charge in [-0.2, -0.15) is 26.3 Å². The molecule has 9 heteroatoms. The molecule has 0 spiro atoms. The maximum atomic E-state index is 12.7. The molecule has 0 fully saturated rings. The van der Waals surface area contributed by atoms with Gasteiger partial charge in [-0.25, -0.2) is 0 Å². The number of benzene rings is 1. The zero-order valence-electron chi connectivity index (χ0n) is 9.82. The Labute approximate surface area is 123 Å². The summed E-state index contributed by atoms with van der Waals surface area (Å²) in [6.07, 6.45) is -10.6. The number of halogens is 7. The van der Waals surface area contributed by atoms with E-state index in [1.54, 1.807) is 0 Å². The monoisotopic (exact) mass is 412 g/mol. The van der Waals surface area contributed by atoms with E-state index in [4.69, 9.17) is 0 Å². The van der Waals surface area contributed by atoms with Gasteiger partial charge in [-0.1, -0.05) is 0 Å². The standard InChI is InChI=1S/C11H7F6IO2/c1-20-8(19)4-5-2-6(10(12,13)14)9(18)7(3-5)11(15,16)17/h2-3H,4H2,1H3. The van der Waals surface area contributed by atoms with Crippen molar-refractivity contribution in [2.75, 3.05) is 7.11 Å². The Morgan fingerprint density at radius 3 is 1.80 bits per heavy atom. The average Bonchev–Trinajstić information content (AvgIpc) is 2.28. The third kappa shape index (κ3) is 4.00. The summed E-state index contributed by atoms with van der Waals surface area (Å²) >= 11 is 0.995. The van der Waals surface area contributed by atoms with Crippen LogP contribution in [0.3, 0.4) is 0 Å². The number of esters is 1. The predicted molar refractivity (Wildman–Crippen MR) is 64.9 cm³/mol. The van der Waals surface area contributed by atoms with Crippen LogP contribution in [-0.4, -0.2) is 13.1 Å². The molecule has 0 heterocycles. The van der Waals surface area contributed by atoms with Crippen LogP contribution in [0, 0.1) is 3.57 Å². The molecule has 2 nitrogen and oxygen atoms in total. The van der Waals surface area contributed by atoms with Gasteiger partial charge in [-0.3, -0.25) is 4.79 Å². The number of methoxy groups -OCH3 is 1. The second kappa shape index (κ2) is 5.78. The molecule has 20 heavy (non-hydrogen) atoms. The van der Waals surface area contributed by atoms with Gasteiger partial charge in [0.25, 0.3) is 0 Å². The molecule has 0 aromatic heterocycles. The Hall–Kier alpha value is -1.00. The van der Waals surface area contributed by atoms with Crippen molar-refractivity contribution in [3.8, 4) is 0 Å². The third-order valence-corrected chi connectivity index (χ3v) is 3.48. The topological polar surface area (TPSA) is 26.3 Å². The van der Waals surface area contributed by atoms with Crippen LogP contribution in [0.4, 0.5) is 26.3 Å². The quantitative estimate of drug-likeness (QED) is 0.417. The van der Waals surface area contributed by atoms with Crippen molar-refractivity contribution in [1.29, 1.82) is 0 Å². The summed E-state index contributed by atoms with van der Waals surface area (Å²) in [7, 11) is 0.990. The van der Waals surface area contributed by atoms with E-state index in [2.05, 4.69) is 4.74 Å². The van der Waals surface area contributed by atoms with Crippen LogP contribution < -0.4 is 0 Å². The van der Waals surface area contributed by atoms with Gasteiger partial charge in [-0.15, -0.1) is 0 Å². The molecule has 0 aliphatic carbocycles. The number of hydrogen-bond acceptors (Lipinski definition) is 2. The van der Waals surface area contributed by atoms with Gasteiger partial charge in [0.05, 0.1) is 24.7 Å². The predicted octanol–water partition coefficient (Wildman–Crippen LogP) is 4.04. The van der Waals surface area contributed by atoms with Crippen molar-refractivity contribution in [1.82, 2.24) is 0 Å². The summed E-state index contributed by atoms with van der Waals surface area (Å²) in [5, 5.41) is 0. The molecule has 112 valence electrons. The Bertz CT molecular complexity index is 486. The summed E-state index contributed by atoms with van der Waals surface area (Å²) in [6.45, 7) is 0. The van der Waals surface area contributed by atoms with Gasteiger partial charge in [0, 0.05) is 3.57 Å². The minimum absolute atomic E-state index is 0.406. The minimum atomic E-state index is -4.94. The molecule has 0 N–H and O–H groups in total. The zero-order valence-corrected chi connectivity index (χ0v) is 12.0. The molecule has 1 rings (SSSR count). The highest BCUT2D eigenvalue weighted by molar-refractivity contribution is 14.1. The Balaban J connectivity index is 3.46. The van der Waals surface area contributed by atoms with Crippen molar-refractivity contribution in [2.24, 2.45) is 0 Å². The van der Waals surface area contributed by atoms with Crippen LogP contribution in [0.25, 0.3) is 0 Å². The first-order valence-electron chi connectivity index (χ1n) is 5.00. The van der Waals surface area contributed by atoms with Gasteiger partial charge in [-0.05, 0) is 40.3 Å². The van der Waals surface area contributed by atoms with Crippen LogP contribution in [-0.2, 0) is 28.3 Å².